The van der Waals surface area contributed by atoms with E-state index in [0.29, 0.717) is 44.5 Å². The summed E-state index contributed by atoms with van der Waals surface area (Å²) in [5.41, 5.74) is -0.190. The Balaban J connectivity index is 1.21. The summed E-state index contributed by atoms with van der Waals surface area (Å²) < 4.78 is 45.4. The zero-order valence-electron chi connectivity index (χ0n) is 20.0. The first-order chi connectivity index (χ1) is 17.3. The highest BCUT2D eigenvalue weighted by Crippen LogP contribution is 2.38. The lowest BCUT2D eigenvalue weighted by Gasteiger charge is -2.30. The van der Waals surface area contributed by atoms with Crippen molar-refractivity contribution in [2.75, 3.05) is 43.0 Å². The fraction of sp³-hybridized carbons (Fsp3) is 0.500. The molecule has 4 rings (SSSR count). The van der Waals surface area contributed by atoms with Gasteiger partial charge in [-0.1, -0.05) is 18.2 Å². The first-order valence-electron chi connectivity index (χ1n) is 12.3. The summed E-state index contributed by atoms with van der Waals surface area (Å²) in [6, 6.07) is 13.6. The number of carbonyl (C=O) groups excluding carboxylic acids is 1. The van der Waals surface area contributed by atoms with Gasteiger partial charge in [0.05, 0.1) is 11.7 Å². The van der Waals surface area contributed by atoms with Crippen LogP contribution in [0.5, 0.6) is 0 Å². The molecule has 1 aliphatic heterocycles. The number of amides is 1. The van der Waals surface area contributed by atoms with Crippen LogP contribution in [-0.2, 0) is 15.7 Å². The van der Waals surface area contributed by atoms with Gasteiger partial charge >= 0.3 is 6.18 Å². The lowest BCUT2D eigenvalue weighted by atomic mass is 9.92. The third kappa shape index (κ3) is 6.75. The van der Waals surface area contributed by atoms with Crippen molar-refractivity contribution in [1.29, 1.82) is 0 Å². The van der Waals surface area contributed by atoms with Crippen LogP contribution >= 0.6 is 0 Å². The van der Waals surface area contributed by atoms with Crippen LogP contribution < -0.4 is 10.2 Å². The number of nitrogens with one attached hydrogen (secondary N) is 1. The van der Waals surface area contributed by atoms with Gasteiger partial charge in [0.2, 0.25) is 5.91 Å². The Morgan fingerprint density at radius 3 is 2.44 bits per heavy atom. The molecule has 1 saturated carbocycles. The van der Waals surface area contributed by atoms with Crippen molar-refractivity contribution >= 4 is 23.0 Å². The maximum Gasteiger partial charge on any atom is 0.418 e. The smallest absolute Gasteiger partial charge is 0.382 e. The number of benzene rings is 2. The number of carbonyl (C=O) groups is 1. The van der Waals surface area contributed by atoms with Gasteiger partial charge in [-0.3, -0.25) is 4.79 Å². The predicted molar refractivity (Wildman–Crippen MR) is 132 cm³/mol. The summed E-state index contributed by atoms with van der Waals surface area (Å²) in [6.45, 7) is 3.10. The number of alkyl halides is 3. The van der Waals surface area contributed by atoms with Gasteiger partial charge in [0, 0.05) is 43.6 Å². The standard InChI is InChI=1S/C26H31F3N4O3/c27-26(28,29)23-17-20(9-12-24(23)31-35)30-19-7-10-22(11-8-19)36-18-25(34)33-14-4-13-32(15-16-33)21-5-2-1-3-6-21/h1-3,5-6,9,12,17,19,22,30H,4,7-8,10-11,13-16,18H2. The normalized spacial score (nSPS) is 21.1. The Bertz CT molecular complexity index is 1030. The van der Waals surface area contributed by atoms with Crippen LogP contribution in [-0.4, -0.2) is 55.7 Å². The number of para-hydroxylation sites is 1. The lowest BCUT2D eigenvalue weighted by Crippen LogP contribution is -2.39. The summed E-state index contributed by atoms with van der Waals surface area (Å²) in [6.07, 6.45) is -0.941. The molecule has 7 nitrogen and oxygen atoms in total. The fourth-order valence-electron chi connectivity index (χ4n) is 4.89. The molecule has 2 aliphatic rings. The van der Waals surface area contributed by atoms with E-state index >= 15 is 0 Å². The minimum Gasteiger partial charge on any atom is -0.382 e. The molecule has 0 unspecified atom stereocenters. The molecule has 1 amide bonds. The van der Waals surface area contributed by atoms with E-state index in [1.807, 2.05) is 23.1 Å². The van der Waals surface area contributed by atoms with Gasteiger partial charge in [0.1, 0.15) is 12.3 Å². The van der Waals surface area contributed by atoms with E-state index in [9.17, 15) is 22.9 Å². The Kier molecular flexibility index (Phi) is 8.45. The Morgan fingerprint density at radius 2 is 1.75 bits per heavy atom. The van der Waals surface area contributed by atoms with Crippen molar-refractivity contribution in [3.8, 4) is 0 Å². The van der Waals surface area contributed by atoms with Gasteiger partial charge in [-0.25, -0.2) is 0 Å². The first kappa shape index (κ1) is 25.9. The molecule has 0 bridgehead atoms. The lowest BCUT2D eigenvalue weighted by molar-refractivity contribution is -0.139. The second-order valence-electron chi connectivity index (χ2n) is 9.31. The van der Waals surface area contributed by atoms with Gasteiger partial charge < -0.3 is 19.9 Å². The minimum absolute atomic E-state index is 0.00582. The number of ether oxygens (including phenoxy) is 1. The molecule has 0 radical (unpaired) electrons. The topological polar surface area (TPSA) is 74.2 Å². The maximum atomic E-state index is 13.2. The number of anilines is 2. The number of nitroso groups, excluding NO2 is 1. The minimum atomic E-state index is -4.65. The van der Waals surface area contributed by atoms with E-state index in [4.69, 9.17) is 4.74 Å². The molecular formula is C26H31F3N4O3. The third-order valence-electron chi connectivity index (χ3n) is 6.86. The molecule has 1 N–H and O–H groups in total. The van der Waals surface area contributed by atoms with Crippen molar-refractivity contribution in [3.63, 3.8) is 0 Å². The number of nitrogens with zero attached hydrogens (tertiary/aromatic N) is 3. The van der Waals surface area contributed by atoms with Crippen LogP contribution in [0.2, 0.25) is 0 Å². The SMILES string of the molecule is O=Nc1ccc(NC2CCC(OCC(=O)N3CCCN(c4ccccc4)CC3)CC2)cc1C(F)(F)F. The van der Waals surface area contributed by atoms with Crippen LogP contribution in [0.4, 0.5) is 30.2 Å². The average Bonchev–Trinajstić information content (AvgIpc) is 3.15. The van der Waals surface area contributed by atoms with Crippen molar-refractivity contribution in [1.82, 2.24) is 4.90 Å². The summed E-state index contributed by atoms with van der Waals surface area (Å²) in [5.74, 6) is -0.00582. The molecule has 36 heavy (non-hydrogen) atoms. The van der Waals surface area contributed by atoms with E-state index in [1.54, 1.807) is 0 Å². The van der Waals surface area contributed by atoms with Crippen LogP contribution in [0.3, 0.4) is 0 Å². The summed E-state index contributed by atoms with van der Waals surface area (Å²) in [7, 11) is 0. The highest BCUT2D eigenvalue weighted by atomic mass is 19.4. The summed E-state index contributed by atoms with van der Waals surface area (Å²) in [5, 5.41) is 5.61. The zero-order valence-corrected chi connectivity index (χ0v) is 20.0. The highest BCUT2D eigenvalue weighted by Gasteiger charge is 2.34. The van der Waals surface area contributed by atoms with Crippen molar-refractivity contribution in [2.45, 2.75) is 50.4 Å². The molecule has 1 saturated heterocycles. The number of hydrogen-bond donors (Lipinski definition) is 1. The van der Waals surface area contributed by atoms with Gasteiger partial charge in [-0.15, -0.1) is 4.91 Å². The second kappa shape index (κ2) is 11.7. The molecule has 0 spiro atoms. The highest BCUT2D eigenvalue weighted by molar-refractivity contribution is 5.77. The van der Waals surface area contributed by atoms with E-state index in [-0.39, 0.29) is 24.7 Å². The quantitative estimate of drug-likeness (QED) is 0.498. The molecule has 1 aliphatic carbocycles. The first-order valence-corrected chi connectivity index (χ1v) is 12.3. The Labute approximate surface area is 208 Å². The van der Waals surface area contributed by atoms with Gasteiger partial charge in [0.25, 0.3) is 0 Å². The fourth-order valence-corrected chi connectivity index (χ4v) is 4.89. The average molecular weight is 505 g/mol. The van der Waals surface area contributed by atoms with E-state index in [1.165, 1.54) is 11.8 Å². The zero-order chi connectivity index (χ0) is 25.5. The molecule has 194 valence electrons. The molecule has 10 heteroatoms. The van der Waals surface area contributed by atoms with E-state index in [2.05, 4.69) is 27.5 Å². The predicted octanol–water partition coefficient (Wildman–Crippen LogP) is 5.58. The number of halogens is 3. The summed E-state index contributed by atoms with van der Waals surface area (Å²) >= 11 is 0. The Morgan fingerprint density at radius 1 is 1.00 bits per heavy atom. The molecule has 2 aromatic carbocycles. The summed E-state index contributed by atoms with van der Waals surface area (Å²) in [4.78, 5) is 27.6. The number of hydrogen-bond acceptors (Lipinski definition) is 6. The van der Waals surface area contributed by atoms with Crippen LogP contribution in [0, 0.1) is 4.91 Å². The second-order valence-corrected chi connectivity index (χ2v) is 9.31. The van der Waals surface area contributed by atoms with Crippen molar-refractivity contribution < 1.29 is 22.7 Å². The van der Waals surface area contributed by atoms with Gasteiger partial charge in [-0.2, -0.15) is 13.2 Å². The largest absolute Gasteiger partial charge is 0.418 e. The van der Waals surface area contributed by atoms with Crippen LogP contribution in [0.25, 0.3) is 0 Å². The Hall–Kier alpha value is -3.14. The van der Waals surface area contributed by atoms with Crippen LogP contribution in [0.1, 0.15) is 37.7 Å². The molecule has 0 atom stereocenters. The van der Waals surface area contributed by atoms with E-state index in [0.717, 1.165) is 31.6 Å². The molecule has 0 aromatic heterocycles. The molecule has 2 fully saturated rings. The third-order valence-corrected chi connectivity index (χ3v) is 6.86. The van der Waals surface area contributed by atoms with E-state index < -0.39 is 17.4 Å². The maximum absolute atomic E-state index is 13.2. The molecular weight excluding hydrogens is 473 g/mol. The molecule has 1 heterocycles. The van der Waals surface area contributed by atoms with Gasteiger partial charge in [0.15, 0.2) is 0 Å². The monoisotopic (exact) mass is 504 g/mol. The van der Waals surface area contributed by atoms with Crippen LogP contribution in [0.15, 0.2) is 53.7 Å². The molecule has 2 aromatic rings. The number of rotatable bonds is 7. The van der Waals surface area contributed by atoms with Crippen molar-refractivity contribution in [2.24, 2.45) is 5.18 Å². The van der Waals surface area contributed by atoms with Gasteiger partial charge in [-0.05, 0) is 67.6 Å². The van der Waals surface area contributed by atoms with Crippen molar-refractivity contribution in [3.05, 3.63) is 59.0 Å².